The first-order chi connectivity index (χ1) is 15.4. The Morgan fingerprint density at radius 2 is 1.56 bits per heavy atom. The Morgan fingerprint density at radius 1 is 0.875 bits per heavy atom. The molecule has 2 nitrogen and oxygen atoms in total. The summed E-state index contributed by atoms with van der Waals surface area (Å²) in [4.78, 5) is 4.57. The zero-order valence-electron chi connectivity index (χ0n) is 18.0. The number of hydrogen-bond acceptors (Lipinski definition) is 2. The van der Waals surface area contributed by atoms with E-state index >= 15 is 0 Å². The van der Waals surface area contributed by atoms with Gasteiger partial charge in [-0.15, -0.1) is 6.42 Å². The second kappa shape index (κ2) is 10.4. The predicted molar refractivity (Wildman–Crippen MR) is 121 cm³/mol. The highest BCUT2D eigenvalue weighted by molar-refractivity contribution is 5.37. The summed E-state index contributed by atoms with van der Waals surface area (Å²) in [6.07, 6.45) is 5.23. The van der Waals surface area contributed by atoms with Crippen molar-refractivity contribution in [3.8, 4) is 24.0 Å². The molecule has 0 aliphatic carbocycles. The molecule has 1 atom stereocenters. The number of hydrogen-bond donors (Lipinski definition) is 0. The molecule has 166 valence electrons. The Hall–Kier alpha value is -3.26. The van der Waals surface area contributed by atoms with Gasteiger partial charge in [0.1, 0.15) is 5.75 Å². The van der Waals surface area contributed by atoms with Crippen molar-refractivity contribution >= 4 is 0 Å². The normalized spacial score (nSPS) is 13.2. The molecule has 0 radical (unpaired) electrons. The number of halogens is 3. The van der Waals surface area contributed by atoms with E-state index in [1.165, 1.54) is 12.1 Å². The van der Waals surface area contributed by atoms with Crippen LogP contribution in [0.1, 0.15) is 49.4 Å². The van der Waals surface area contributed by atoms with E-state index in [2.05, 4.69) is 10.9 Å². The van der Waals surface area contributed by atoms with Gasteiger partial charge in [0.15, 0.2) is 0 Å². The molecule has 3 rings (SSSR count). The van der Waals surface area contributed by atoms with Gasteiger partial charge < -0.3 is 4.74 Å². The van der Waals surface area contributed by atoms with Crippen LogP contribution in [0.15, 0.2) is 72.8 Å². The van der Waals surface area contributed by atoms with Crippen LogP contribution in [0.5, 0.6) is 11.6 Å². The van der Waals surface area contributed by atoms with E-state index in [-0.39, 0.29) is 0 Å². The zero-order chi connectivity index (χ0) is 23.0. The number of benzene rings is 2. The smallest absolute Gasteiger partial charge is 0.416 e. The van der Waals surface area contributed by atoms with Gasteiger partial charge >= 0.3 is 6.18 Å². The fourth-order valence-electron chi connectivity index (χ4n) is 3.88. The number of nitrogens with zero attached hydrogens (tertiary/aromatic N) is 1. The Labute approximate surface area is 187 Å². The molecule has 0 saturated carbocycles. The second-order valence-corrected chi connectivity index (χ2v) is 7.79. The minimum Gasteiger partial charge on any atom is -0.439 e. The van der Waals surface area contributed by atoms with Crippen LogP contribution in [0.25, 0.3) is 0 Å². The summed E-state index contributed by atoms with van der Waals surface area (Å²) in [7, 11) is 0. The molecule has 3 aromatic rings. The molecule has 0 amide bonds. The summed E-state index contributed by atoms with van der Waals surface area (Å²) >= 11 is 0. The standard InChI is InChI=1S/C27H26F3NO/c1-3-19-26(4-2,21-15-17-22(18-16-21)27(28,29)30)20-9-11-23-10-8-14-25(31-23)32-24-12-6-5-7-13-24/h2,5-8,10,12-18H,3,9,11,19-20H2,1H3. The summed E-state index contributed by atoms with van der Waals surface area (Å²) in [5, 5.41) is 0. The lowest BCUT2D eigenvalue weighted by Crippen LogP contribution is -2.24. The van der Waals surface area contributed by atoms with Crippen molar-refractivity contribution in [3.05, 3.63) is 89.6 Å². The topological polar surface area (TPSA) is 22.1 Å². The molecule has 0 N–H and O–H groups in total. The quantitative estimate of drug-likeness (QED) is 0.322. The fraction of sp³-hybridized carbons (Fsp3) is 0.296. The van der Waals surface area contributed by atoms with Crippen molar-refractivity contribution in [1.82, 2.24) is 4.98 Å². The van der Waals surface area contributed by atoms with Gasteiger partial charge in [-0.25, -0.2) is 4.98 Å². The Bertz CT molecular complexity index is 1040. The number of alkyl halides is 3. The summed E-state index contributed by atoms with van der Waals surface area (Å²) < 4.78 is 44.6. The van der Waals surface area contributed by atoms with E-state index in [1.54, 1.807) is 0 Å². The van der Waals surface area contributed by atoms with E-state index in [9.17, 15) is 13.2 Å². The molecule has 0 aliphatic rings. The SMILES string of the molecule is C#CC(CCC)(CCCc1cccc(Oc2ccccc2)n1)c1ccc(C(F)(F)F)cc1. The first-order valence-electron chi connectivity index (χ1n) is 10.7. The van der Waals surface area contributed by atoms with Crippen molar-refractivity contribution in [3.63, 3.8) is 0 Å². The third-order valence-electron chi connectivity index (χ3n) is 5.50. The number of para-hydroxylation sites is 1. The number of aryl methyl sites for hydroxylation is 1. The minimum absolute atomic E-state index is 0.521. The minimum atomic E-state index is -4.36. The molecule has 2 aromatic carbocycles. The molecular weight excluding hydrogens is 411 g/mol. The number of pyridine rings is 1. The number of terminal acetylenes is 1. The third-order valence-corrected chi connectivity index (χ3v) is 5.50. The van der Waals surface area contributed by atoms with Crippen LogP contribution in [0.4, 0.5) is 13.2 Å². The van der Waals surface area contributed by atoms with Gasteiger partial charge in [-0.1, -0.05) is 55.7 Å². The van der Waals surface area contributed by atoms with E-state index in [0.29, 0.717) is 30.9 Å². The van der Waals surface area contributed by atoms with Crippen LogP contribution in [-0.2, 0) is 18.0 Å². The third kappa shape index (κ3) is 5.91. The molecule has 0 bridgehead atoms. The van der Waals surface area contributed by atoms with Crippen molar-refractivity contribution < 1.29 is 17.9 Å². The maximum Gasteiger partial charge on any atom is 0.416 e. The molecule has 1 unspecified atom stereocenters. The number of rotatable bonds is 9. The zero-order valence-corrected chi connectivity index (χ0v) is 18.0. The van der Waals surface area contributed by atoms with Gasteiger partial charge in [-0.05, 0) is 61.6 Å². The average Bonchev–Trinajstić information content (AvgIpc) is 2.79. The van der Waals surface area contributed by atoms with Crippen molar-refractivity contribution in [2.24, 2.45) is 0 Å². The molecular formula is C27H26F3NO. The van der Waals surface area contributed by atoms with Crippen LogP contribution < -0.4 is 4.74 Å². The van der Waals surface area contributed by atoms with Gasteiger partial charge in [0, 0.05) is 11.8 Å². The highest BCUT2D eigenvalue weighted by Gasteiger charge is 2.33. The highest BCUT2D eigenvalue weighted by Crippen LogP contribution is 2.37. The monoisotopic (exact) mass is 437 g/mol. The summed E-state index contributed by atoms with van der Waals surface area (Å²) in [6.45, 7) is 2.03. The van der Waals surface area contributed by atoms with Gasteiger partial charge in [-0.3, -0.25) is 0 Å². The van der Waals surface area contributed by atoms with Crippen LogP contribution in [0.2, 0.25) is 0 Å². The molecule has 0 aliphatic heterocycles. The second-order valence-electron chi connectivity index (χ2n) is 7.79. The molecule has 5 heteroatoms. The van der Waals surface area contributed by atoms with Crippen molar-refractivity contribution in [2.75, 3.05) is 0 Å². The highest BCUT2D eigenvalue weighted by atomic mass is 19.4. The lowest BCUT2D eigenvalue weighted by atomic mass is 9.73. The Morgan fingerprint density at radius 3 is 2.19 bits per heavy atom. The first kappa shape index (κ1) is 23.4. The predicted octanol–water partition coefficient (Wildman–Crippen LogP) is 7.59. The molecule has 0 spiro atoms. The van der Waals surface area contributed by atoms with E-state index in [4.69, 9.17) is 11.2 Å². The van der Waals surface area contributed by atoms with E-state index in [0.717, 1.165) is 36.2 Å². The Balaban J connectivity index is 1.70. The molecule has 0 saturated heterocycles. The van der Waals surface area contributed by atoms with Gasteiger partial charge in [0.05, 0.1) is 11.0 Å². The first-order valence-corrected chi connectivity index (χ1v) is 10.7. The molecule has 1 heterocycles. The van der Waals surface area contributed by atoms with Crippen LogP contribution >= 0.6 is 0 Å². The van der Waals surface area contributed by atoms with Gasteiger partial charge in [0.25, 0.3) is 0 Å². The maximum atomic E-state index is 12.9. The van der Waals surface area contributed by atoms with Crippen molar-refractivity contribution in [2.45, 2.75) is 50.6 Å². The fourth-order valence-corrected chi connectivity index (χ4v) is 3.88. The summed E-state index contributed by atoms with van der Waals surface area (Å²) in [5.74, 6) is 4.13. The number of aromatic nitrogens is 1. The lowest BCUT2D eigenvalue weighted by molar-refractivity contribution is -0.137. The van der Waals surface area contributed by atoms with E-state index < -0.39 is 17.2 Å². The van der Waals surface area contributed by atoms with Gasteiger partial charge in [0.2, 0.25) is 5.88 Å². The molecule has 0 fully saturated rings. The summed E-state index contributed by atoms with van der Waals surface area (Å²) in [6, 6.07) is 20.4. The molecule has 32 heavy (non-hydrogen) atoms. The van der Waals surface area contributed by atoms with Crippen molar-refractivity contribution in [1.29, 1.82) is 0 Å². The van der Waals surface area contributed by atoms with E-state index in [1.807, 2.05) is 55.5 Å². The van der Waals surface area contributed by atoms with Crippen LogP contribution in [0, 0.1) is 12.3 Å². The average molecular weight is 438 g/mol. The number of ether oxygens (including phenoxy) is 1. The Kier molecular flexibility index (Phi) is 7.58. The van der Waals surface area contributed by atoms with Crippen LogP contribution in [-0.4, -0.2) is 4.98 Å². The summed E-state index contributed by atoms with van der Waals surface area (Å²) in [5.41, 5.74) is 0.372. The maximum absolute atomic E-state index is 12.9. The van der Waals surface area contributed by atoms with Gasteiger partial charge in [-0.2, -0.15) is 13.2 Å². The molecule has 1 aromatic heterocycles. The largest absolute Gasteiger partial charge is 0.439 e. The van der Waals surface area contributed by atoms with Crippen LogP contribution in [0.3, 0.4) is 0 Å². The lowest BCUT2D eigenvalue weighted by Gasteiger charge is -2.29.